The first-order chi connectivity index (χ1) is 22.9. The molecule has 1 aromatic heterocycles. The first-order valence-corrected chi connectivity index (χ1v) is 15.1. The van der Waals surface area contributed by atoms with Crippen LogP contribution in [0.15, 0.2) is 66.2 Å². The number of rotatable bonds is 8. The van der Waals surface area contributed by atoms with Crippen LogP contribution < -0.4 is 4.74 Å². The van der Waals surface area contributed by atoms with Gasteiger partial charge >= 0.3 is 11.9 Å². The lowest BCUT2D eigenvalue weighted by molar-refractivity contribution is -0.148. The van der Waals surface area contributed by atoms with Crippen LogP contribution >= 0.6 is 0 Å². The lowest BCUT2D eigenvalue weighted by atomic mass is 9.73. The number of fused-ring (bicyclic) bond motifs is 4. The van der Waals surface area contributed by atoms with Gasteiger partial charge in [0.05, 0.1) is 31.9 Å². The van der Waals surface area contributed by atoms with Crippen molar-refractivity contribution in [1.29, 1.82) is 0 Å². The molecule has 2 bridgehead atoms. The summed E-state index contributed by atoms with van der Waals surface area (Å²) in [4.78, 5) is 27.9. The Balaban J connectivity index is 0.000000183. The first kappa shape index (κ1) is 36.4. The Labute approximate surface area is 274 Å². The van der Waals surface area contributed by atoms with Crippen LogP contribution in [0.4, 0.5) is 0 Å². The van der Waals surface area contributed by atoms with Gasteiger partial charge in [0.15, 0.2) is 23.7 Å². The molecule has 2 aromatic rings. The Hall–Kier alpha value is -4.45. The number of hydrogen-bond acceptors (Lipinski definition) is 16. The molecule has 1 aromatic carbocycles. The van der Waals surface area contributed by atoms with E-state index in [4.69, 9.17) is 45.6 Å². The Morgan fingerprint density at radius 2 is 1.56 bits per heavy atom. The summed E-state index contributed by atoms with van der Waals surface area (Å²) in [6.45, 7) is 4.73. The maximum absolute atomic E-state index is 11.2. The molecule has 0 amide bonds. The lowest BCUT2D eigenvalue weighted by Crippen LogP contribution is -2.54. The van der Waals surface area contributed by atoms with Crippen molar-refractivity contribution in [2.75, 3.05) is 33.4 Å². The van der Waals surface area contributed by atoms with Gasteiger partial charge in [-0.05, 0) is 61.1 Å². The van der Waals surface area contributed by atoms with E-state index in [1.165, 1.54) is 6.42 Å². The van der Waals surface area contributed by atoms with E-state index in [9.17, 15) is 14.7 Å². The summed E-state index contributed by atoms with van der Waals surface area (Å²) in [5.74, 6) is -3.55. The van der Waals surface area contributed by atoms with Crippen LogP contribution in [0.25, 0.3) is 10.9 Å². The predicted octanol–water partition coefficient (Wildman–Crippen LogP) is 0.358. The van der Waals surface area contributed by atoms with E-state index in [0.29, 0.717) is 11.8 Å². The highest BCUT2D eigenvalue weighted by Gasteiger charge is 2.43. The van der Waals surface area contributed by atoms with Crippen LogP contribution in [0.5, 0.6) is 5.75 Å². The number of piperidine rings is 3. The summed E-state index contributed by atoms with van der Waals surface area (Å²) >= 11 is 0. The fourth-order valence-corrected chi connectivity index (χ4v) is 6.09. The number of pyridine rings is 1. The number of esters is 2. The van der Waals surface area contributed by atoms with E-state index in [0.717, 1.165) is 41.7 Å². The van der Waals surface area contributed by atoms with Gasteiger partial charge in [-0.2, -0.15) is 0 Å². The Bertz CT molecular complexity index is 1510. The average Bonchev–Trinajstić information content (AvgIpc) is 3.54. The van der Waals surface area contributed by atoms with Gasteiger partial charge < -0.3 is 60.2 Å². The van der Waals surface area contributed by atoms with E-state index in [2.05, 4.69) is 32.0 Å². The largest absolute Gasteiger partial charge is 0.505 e. The lowest BCUT2D eigenvalue weighted by Gasteiger charge is -2.50. The van der Waals surface area contributed by atoms with Crippen LogP contribution in [-0.4, -0.2) is 132 Å². The molecular weight excluding hydrogens is 636 g/mol. The molecule has 7 rings (SSSR count). The van der Waals surface area contributed by atoms with Crippen molar-refractivity contribution < 1.29 is 69.8 Å². The highest BCUT2D eigenvalue weighted by molar-refractivity contribution is 5.89. The zero-order chi connectivity index (χ0) is 35.3. The Morgan fingerprint density at radius 3 is 2.00 bits per heavy atom. The summed E-state index contributed by atoms with van der Waals surface area (Å²) in [5.41, 5.74) is 1.85. The molecule has 0 aliphatic carbocycles. The van der Waals surface area contributed by atoms with Crippen LogP contribution in [0, 0.1) is 11.8 Å². The number of nitrogens with zero attached hydrogens (tertiary/aromatic N) is 2. The molecule has 0 saturated carbocycles. The molecule has 5 aliphatic heterocycles. The van der Waals surface area contributed by atoms with Crippen LogP contribution in [0.1, 0.15) is 24.5 Å². The molecule has 262 valence electrons. The van der Waals surface area contributed by atoms with Crippen molar-refractivity contribution in [3.05, 3.63) is 71.7 Å². The molecule has 3 saturated heterocycles. The number of ether oxygens (including phenoxy) is 3. The number of aliphatic hydroxyl groups excluding tert-OH is 9. The molecular formula is C32H40N2O14. The van der Waals surface area contributed by atoms with Gasteiger partial charge in [0, 0.05) is 24.2 Å². The van der Waals surface area contributed by atoms with Gasteiger partial charge in [-0.15, -0.1) is 6.58 Å². The molecule has 9 atom stereocenters. The van der Waals surface area contributed by atoms with E-state index in [1.807, 2.05) is 24.3 Å². The second-order valence-electron chi connectivity index (χ2n) is 11.6. The molecule has 16 heteroatoms. The summed E-state index contributed by atoms with van der Waals surface area (Å²) in [7, 11) is 1.66. The summed E-state index contributed by atoms with van der Waals surface area (Å²) in [6, 6.07) is 7.96. The topological polar surface area (TPSA) is 260 Å². The van der Waals surface area contributed by atoms with Crippen LogP contribution in [0.3, 0.4) is 0 Å². The van der Waals surface area contributed by atoms with E-state index < -0.39 is 78.7 Å². The third-order valence-corrected chi connectivity index (χ3v) is 8.77. The van der Waals surface area contributed by atoms with Crippen molar-refractivity contribution in [3.8, 4) is 5.75 Å². The van der Waals surface area contributed by atoms with Gasteiger partial charge in [0.1, 0.15) is 18.0 Å². The fourth-order valence-electron chi connectivity index (χ4n) is 6.09. The number of hydrogen-bond donors (Lipinski definition) is 9. The zero-order valence-corrected chi connectivity index (χ0v) is 26.0. The smallest absolute Gasteiger partial charge is 0.377 e. The number of carbonyl (C=O) groups excluding carboxylic acids is 2. The third-order valence-electron chi connectivity index (χ3n) is 8.77. The van der Waals surface area contributed by atoms with Crippen molar-refractivity contribution >= 4 is 22.8 Å². The second kappa shape index (κ2) is 15.6. The highest BCUT2D eigenvalue weighted by Crippen LogP contribution is 2.42. The number of benzene rings is 1. The van der Waals surface area contributed by atoms with Crippen LogP contribution in [0.2, 0.25) is 0 Å². The van der Waals surface area contributed by atoms with Gasteiger partial charge in [0.2, 0.25) is 11.5 Å². The predicted molar refractivity (Wildman–Crippen MR) is 166 cm³/mol. The van der Waals surface area contributed by atoms with Crippen molar-refractivity contribution in [1.82, 2.24) is 9.88 Å². The zero-order valence-electron chi connectivity index (χ0n) is 26.0. The third kappa shape index (κ3) is 7.48. The first-order valence-electron chi connectivity index (χ1n) is 15.1. The van der Waals surface area contributed by atoms with Crippen molar-refractivity contribution in [2.45, 2.75) is 49.4 Å². The van der Waals surface area contributed by atoms with E-state index in [-0.39, 0.29) is 6.04 Å². The Kier molecular flexibility index (Phi) is 11.9. The molecule has 0 spiro atoms. The van der Waals surface area contributed by atoms with E-state index in [1.54, 1.807) is 13.3 Å². The van der Waals surface area contributed by atoms with E-state index >= 15 is 0 Å². The number of aromatic nitrogens is 1. The summed E-state index contributed by atoms with van der Waals surface area (Å²) in [6.07, 6.45) is 0.0669. The molecule has 3 fully saturated rings. The minimum atomic E-state index is -1.42. The van der Waals surface area contributed by atoms with Gasteiger partial charge in [-0.1, -0.05) is 6.08 Å². The highest BCUT2D eigenvalue weighted by atomic mass is 16.6. The Morgan fingerprint density at radius 1 is 0.979 bits per heavy atom. The average molecular weight is 677 g/mol. The number of aliphatic hydroxyl groups is 9. The maximum Gasteiger partial charge on any atom is 0.377 e. The monoisotopic (exact) mass is 676 g/mol. The number of methoxy groups -OCH3 is 1. The second-order valence-corrected chi connectivity index (χ2v) is 11.6. The molecule has 6 heterocycles. The maximum atomic E-state index is 11.2. The molecule has 16 nitrogen and oxygen atoms in total. The van der Waals surface area contributed by atoms with Crippen molar-refractivity contribution in [3.63, 3.8) is 0 Å². The van der Waals surface area contributed by atoms with Crippen LogP contribution in [-0.2, 0) is 19.1 Å². The normalized spacial score (nSPS) is 28.0. The minimum absolute atomic E-state index is 0.178. The minimum Gasteiger partial charge on any atom is -0.505 e. The van der Waals surface area contributed by atoms with Gasteiger partial charge in [0.25, 0.3) is 0 Å². The van der Waals surface area contributed by atoms with Gasteiger partial charge in [-0.3, -0.25) is 9.88 Å². The fraction of sp³-hybridized carbons (Fsp3) is 0.469. The molecule has 48 heavy (non-hydrogen) atoms. The van der Waals surface area contributed by atoms with Crippen molar-refractivity contribution in [2.24, 2.45) is 11.8 Å². The molecule has 0 radical (unpaired) electrons. The quantitative estimate of drug-likeness (QED) is 0.135. The standard InChI is InChI=1S/C20H24N2O2.2C6H8O6/c1-3-13-12-22-9-7-14(13)10-19(22)20(23)16-6-8-21-18-5-4-15(24-2)11-17(16)18;2*7-1-2(8)5-3(9)4(10)6(11)12-5/h3-6,8,11,13-14,19-20,23H,1,7,9-10,12H2,2H3;2*2,5,7-10H,1H2/t13-,14+,19-,20+;2*2-,5?/m000/s1. The SMILES string of the molecule is C=C[C@H]1CN2CC[C@@H]1C[C@H]2[C@H](O)c1ccnc2ccc(OC)cc12.O=C1OC([C@@H](O)CO)C(O)=C1O.O=C1OC([C@@H](O)CO)C(O)=C1O. The molecule has 9 N–H and O–H groups in total. The molecule has 3 unspecified atom stereocenters. The van der Waals surface area contributed by atoms with Gasteiger partial charge in [-0.25, -0.2) is 9.59 Å². The summed E-state index contributed by atoms with van der Waals surface area (Å²) in [5, 5.41) is 82.2. The summed E-state index contributed by atoms with van der Waals surface area (Å²) < 4.78 is 14.0. The molecule has 5 aliphatic rings. The number of cyclic esters (lactones) is 2. The number of carbonyl (C=O) groups is 2.